The van der Waals surface area contributed by atoms with Gasteiger partial charge >= 0.3 is 0 Å². The largest absolute Gasteiger partial charge is 0.325 e. The van der Waals surface area contributed by atoms with Crippen molar-refractivity contribution >= 4 is 62.9 Å². The van der Waals surface area contributed by atoms with Crippen LogP contribution in [-0.4, -0.2) is 23.5 Å². The fourth-order valence-corrected chi connectivity index (χ4v) is 4.33. The highest BCUT2D eigenvalue weighted by molar-refractivity contribution is 9.10. The maximum atomic E-state index is 13.1. The summed E-state index contributed by atoms with van der Waals surface area (Å²) >= 11 is 4.76. The summed E-state index contributed by atoms with van der Waals surface area (Å²) in [5, 5.41) is 8.42. The Morgan fingerprint density at radius 2 is 1.29 bits per heavy atom. The molecule has 3 amide bonds. The molecule has 4 aromatic carbocycles. The molecule has 0 atom stereocenters. The molecule has 190 valence electrons. The maximum Gasteiger partial charge on any atom is 0.272 e. The van der Waals surface area contributed by atoms with E-state index in [4.69, 9.17) is 0 Å². The maximum absolute atomic E-state index is 13.1. The van der Waals surface area contributed by atoms with E-state index in [2.05, 4.69) is 31.9 Å². The minimum Gasteiger partial charge on any atom is -0.325 e. The van der Waals surface area contributed by atoms with Crippen LogP contribution in [0.25, 0.3) is 6.08 Å². The highest BCUT2D eigenvalue weighted by Gasteiger charge is 2.15. The van der Waals surface area contributed by atoms with Gasteiger partial charge in [0.25, 0.3) is 11.8 Å². The number of nitrogens with one attached hydrogen (secondary N) is 3. The van der Waals surface area contributed by atoms with Gasteiger partial charge < -0.3 is 16.0 Å². The summed E-state index contributed by atoms with van der Waals surface area (Å²) in [4.78, 5) is 39.0. The number of benzene rings is 4. The van der Waals surface area contributed by atoms with Gasteiger partial charge in [0.2, 0.25) is 5.91 Å². The molecule has 0 radical (unpaired) electrons. The summed E-state index contributed by atoms with van der Waals surface area (Å²) in [6.07, 6.45) is 1.63. The summed E-state index contributed by atoms with van der Waals surface area (Å²) in [6.45, 7) is 0. The molecule has 0 aliphatic heterocycles. The number of rotatable bonds is 9. The summed E-state index contributed by atoms with van der Waals surface area (Å²) < 4.78 is 0.943. The highest BCUT2D eigenvalue weighted by Crippen LogP contribution is 2.22. The molecule has 0 fully saturated rings. The molecule has 4 rings (SSSR count). The Kier molecular flexibility index (Phi) is 9.50. The van der Waals surface area contributed by atoms with Gasteiger partial charge in [-0.2, -0.15) is 0 Å². The smallest absolute Gasteiger partial charge is 0.272 e. The lowest BCUT2D eigenvalue weighted by Crippen LogP contribution is -2.30. The van der Waals surface area contributed by atoms with E-state index >= 15 is 0 Å². The third kappa shape index (κ3) is 8.19. The molecule has 8 heteroatoms. The van der Waals surface area contributed by atoms with Gasteiger partial charge in [0, 0.05) is 26.3 Å². The van der Waals surface area contributed by atoms with Crippen molar-refractivity contribution in [1.82, 2.24) is 5.32 Å². The van der Waals surface area contributed by atoms with Crippen LogP contribution in [0.4, 0.5) is 11.4 Å². The van der Waals surface area contributed by atoms with Crippen molar-refractivity contribution in [3.63, 3.8) is 0 Å². The zero-order chi connectivity index (χ0) is 26.7. The minimum absolute atomic E-state index is 0.112. The molecule has 0 spiro atoms. The quantitative estimate of drug-likeness (QED) is 0.153. The van der Waals surface area contributed by atoms with Gasteiger partial charge in [-0.15, -0.1) is 11.8 Å². The predicted molar refractivity (Wildman–Crippen MR) is 157 cm³/mol. The van der Waals surface area contributed by atoms with Crippen molar-refractivity contribution in [1.29, 1.82) is 0 Å². The SMILES string of the molecule is O=C(CSc1ccc(NC(=O)/C(=C/c2ccccc2)NC(=O)c2ccccc2)cc1)Nc1ccc(Br)cc1. The van der Waals surface area contributed by atoms with E-state index in [0.717, 1.165) is 20.6 Å². The zero-order valence-corrected chi connectivity index (χ0v) is 22.6. The van der Waals surface area contributed by atoms with Crippen LogP contribution >= 0.6 is 27.7 Å². The first-order valence-corrected chi connectivity index (χ1v) is 13.5. The van der Waals surface area contributed by atoms with E-state index < -0.39 is 5.91 Å². The Bertz CT molecular complexity index is 1430. The van der Waals surface area contributed by atoms with E-state index in [-0.39, 0.29) is 23.3 Å². The number of carbonyl (C=O) groups excluding carboxylic acids is 3. The van der Waals surface area contributed by atoms with Crippen LogP contribution in [0.15, 0.2) is 124 Å². The van der Waals surface area contributed by atoms with Crippen LogP contribution in [0.5, 0.6) is 0 Å². The van der Waals surface area contributed by atoms with E-state index in [1.54, 1.807) is 42.5 Å². The van der Waals surface area contributed by atoms with Crippen LogP contribution < -0.4 is 16.0 Å². The van der Waals surface area contributed by atoms with E-state index in [9.17, 15) is 14.4 Å². The Morgan fingerprint density at radius 3 is 1.95 bits per heavy atom. The van der Waals surface area contributed by atoms with Crippen molar-refractivity contribution in [3.8, 4) is 0 Å². The molecule has 0 saturated heterocycles. The van der Waals surface area contributed by atoms with Gasteiger partial charge in [0.1, 0.15) is 5.70 Å². The summed E-state index contributed by atoms with van der Waals surface area (Å²) in [6, 6.07) is 32.6. The molecule has 3 N–H and O–H groups in total. The standard InChI is InChI=1S/C30H24BrN3O3S/c31-23-11-13-24(14-12-23)32-28(35)20-38-26-17-15-25(16-18-26)33-30(37)27(19-21-7-3-1-4-8-21)34-29(36)22-9-5-2-6-10-22/h1-19H,20H2,(H,32,35)(H,33,37)(H,34,36)/b27-19-. The average molecular weight is 587 g/mol. The summed E-state index contributed by atoms with van der Waals surface area (Å²) in [7, 11) is 0. The second-order valence-electron chi connectivity index (χ2n) is 8.11. The lowest BCUT2D eigenvalue weighted by molar-refractivity contribution is -0.114. The monoisotopic (exact) mass is 585 g/mol. The van der Waals surface area contributed by atoms with E-state index in [0.29, 0.717) is 11.3 Å². The van der Waals surface area contributed by atoms with Crippen molar-refractivity contribution < 1.29 is 14.4 Å². The normalized spacial score (nSPS) is 10.9. The van der Waals surface area contributed by atoms with Gasteiger partial charge in [-0.25, -0.2) is 0 Å². The van der Waals surface area contributed by atoms with Crippen LogP contribution in [-0.2, 0) is 9.59 Å². The topological polar surface area (TPSA) is 87.3 Å². The molecule has 4 aromatic rings. The van der Waals surface area contributed by atoms with Crippen LogP contribution in [0.1, 0.15) is 15.9 Å². The molecule has 0 unspecified atom stereocenters. The molecule has 0 aliphatic carbocycles. The third-order valence-electron chi connectivity index (χ3n) is 5.25. The van der Waals surface area contributed by atoms with Crippen LogP contribution in [0, 0.1) is 0 Å². The minimum atomic E-state index is -0.451. The van der Waals surface area contributed by atoms with Gasteiger partial charge in [-0.1, -0.05) is 64.5 Å². The van der Waals surface area contributed by atoms with Crippen LogP contribution in [0.3, 0.4) is 0 Å². The Balaban J connectivity index is 1.38. The van der Waals surface area contributed by atoms with Crippen molar-refractivity contribution in [2.75, 3.05) is 16.4 Å². The first-order valence-electron chi connectivity index (χ1n) is 11.7. The van der Waals surface area contributed by atoms with E-state index in [1.165, 1.54) is 11.8 Å². The van der Waals surface area contributed by atoms with Crippen LogP contribution in [0.2, 0.25) is 0 Å². The molecular weight excluding hydrogens is 562 g/mol. The zero-order valence-electron chi connectivity index (χ0n) is 20.2. The molecular formula is C30H24BrN3O3S. The number of halogens is 1. The Morgan fingerprint density at radius 1 is 0.711 bits per heavy atom. The summed E-state index contributed by atoms with van der Waals surface area (Å²) in [5.74, 6) is -0.694. The first-order chi connectivity index (χ1) is 18.5. The number of carbonyl (C=O) groups is 3. The lowest BCUT2D eigenvalue weighted by Gasteiger charge is -2.12. The first kappa shape index (κ1) is 26.9. The average Bonchev–Trinajstić information content (AvgIpc) is 2.94. The lowest BCUT2D eigenvalue weighted by atomic mass is 10.1. The fourth-order valence-electron chi connectivity index (χ4n) is 3.37. The predicted octanol–water partition coefficient (Wildman–Crippen LogP) is 6.59. The van der Waals surface area contributed by atoms with Gasteiger partial charge in [0.05, 0.1) is 5.75 Å². The van der Waals surface area contributed by atoms with Crippen molar-refractivity contribution in [3.05, 3.63) is 130 Å². The number of anilines is 2. The van der Waals surface area contributed by atoms with Gasteiger partial charge in [-0.05, 0) is 72.3 Å². The highest BCUT2D eigenvalue weighted by atomic mass is 79.9. The second kappa shape index (κ2) is 13.4. The molecule has 6 nitrogen and oxygen atoms in total. The molecule has 0 aromatic heterocycles. The number of hydrogen-bond acceptors (Lipinski definition) is 4. The Hall–Kier alpha value is -4.14. The summed E-state index contributed by atoms with van der Waals surface area (Å²) in [5.41, 5.74) is 2.64. The molecule has 0 saturated carbocycles. The molecule has 0 aliphatic rings. The van der Waals surface area contributed by atoms with Crippen molar-refractivity contribution in [2.24, 2.45) is 0 Å². The second-order valence-corrected chi connectivity index (χ2v) is 10.1. The van der Waals surface area contributed by atoms with Crippen molar-refractivity contribution in [2.45, 2.75) is 4.90 Å². The molecule has 38 heavy (non-hydrogen) atoms. The van der Waals surface area contributed by atoms with Gasteiger partial charge in [0.15, 0.2) is 0 Å². The number of amides is 3. The molecule has 0 heterocycles. The fraction of sp³-hybridized carbons (Fsp3) is 0.0333. The third-order valence-corrected chi connectivity index (χ3v) is 6.79. The molecule has 0 bridgehead atoms. The van der Waals surface area contributed by atoms with E-state index in [1.807, 2.05) is 72.8 Å². The van der Waals surface area contributed by atoms with Gasteiger partial charge in [-0.3, -0.25) is 14.4 Å². The number of thioether (sulfide) groups is 1. The number of hydrogen-bond donors (Lipinski definition) is 3. The Labute approximate surface area is 233 Å².